The second-order valence-electron chi connectivity index (χ2n) is 5.26. The molecule has 1 N–H and O–H groups in total. The van der Waals surface area contributed by atoms with Crippen LogP contribution in [0.5, 0.6) is 17.2 Å². The van der Waals surface area contributed by atoms with Crippen molar-refractivity contribution in [1.82, 2.24) is 9.97 Å². The molecule has 0 aliphatic heterocycles. The summed E-state index contributed by atoms with van der Waals surface area (Å²) in [5.74, 6) is 1.60. The van der Waals surface area contributed by atoms with Gasteiger partial charge in [-0.1, -0.05) is 18.2 Å². The Morgan fingerprint density at radius 3 is 2.28 bits per heavy atom. The minimum absolute atomic E-state index is 0.248. The summed E-state index contributed by atoms with van der Waals surface area (Å²) in [6.07, 6.45) is 3.43. The van der Waals surface area contributed by atoms with Crippen LogP contribution in [0.4, 0.5) is 0 Å². The van der Waals surface area contributed by atoms with Gasteiger partial charge in [-0.3, -0.25) is 4.79 Å². The second-order valence-corrected chi connectivity index (χ2v) is 5.26. The van der Waals surface area contributed by atoms with Crippen molar-refractivity contribution in [3.8, 4) is 17.2 Å². The van der Waals surface area contributed by atoms with Crippen molar-refractivity contribution >= 4 is 23.2 Å². The summed E-state index contributed by atoms with van der Waals surface area (Å²) >= 11 is 0. The van der Waals surface area contributed by atoms with E-state index >= 15 is 0 Å². The van der Waals surface area contributed by atoms with Gasteiger partial charge in [0, 0.05) is 0 Å². The Kier molecular flexibility index (Phi) is 4.70. The van der Waals surface area contributed by atoms with Crippen molar-refractivity contribution in [2.24, 2.45) is 0 Å². The highest BCUT2D eigenvalue weighted by Crippen LogP contribution is 2.38. The maximum absolute atomic E-state index is 12.2. The molecule has 0 aliphatic rings. The third kappa shape index (κ3) is 3.33. The van der Waals surface area contributed by atoms with Crippen molar-refractivity contribution in [2.75, 3.05) is 21.3 Å². The number of benzene rings is 2. The third-order valence-corrected chi connectivity index (χ3v) is 3.75. The maximum atomic E-state index is 12.2. The Labute approximate surface area is 144 Å². The molecule has 3 rings (SSSR count). The lowest BCUT2D eigenvalue weighted by Crippen LogP contribution is -2.11. The molecule has 2 aromatic carbocycles. The van der Waals surface area contributed by atoms with Crippen molar-refractivity contribution in [3.05, 3.63) is 58.0 Å². The molecular weight excluding hydrogens is 320 g/mol. The van der Waals surface area contributed by atoms with Crippen LogP contribution in [-0.4, -0.2) is 31.3 Å². The summed E-state index contributed by atoms with van der Waals surface area (Å²) in [5, 5.41) is 0. The molecule has 0 spiro atoms. The molecule has 6 heteroatoms. The number of hydrogen-bond acceptors (Lipinski definition) is 5. The van der Waals surface area contributed by atoms with Crippen LogP contribution in [0.25, 0.3) is 23.2 Å². The van der Waals surface area contributed by atoms with E-state index in [0.717, 1.165) is 11.1 Å². The van der Waals surface area contributed by atoms with Gasteiger partial charge in [0.05, 0.1) is 32.4 Å². The summed E-state index contributed by atoms with van der Waals surface area (Å²) in [4.78, 5) is 19.4. The van der Waals surface area contributed by atoms with Crippen LogP contribution in [0, 0.1) is 0 Å². The van der Waals surface area contributed by atoms with E-state index in [-0.39, 0.29) is 5.56 Å². The molecule has 3 aromatic rings. The summed E-state index contributed by atoms with van der Waals surface area (Å²) < 4.78 is 16.0. The molecule has 6 nitrogen and oxygen atoms in total. The molecule has 0 radical (unpaired) electrons. The number of para-hydroxylation sites is 2. The number of nitrogens with zero attached hydrogens (tertiary/aromatic N) is 1. The molecule has 0 saturated carbocycles. The largest absolute Gasteiger partial charge is 0.493 e. The molecule has 0 fully saturated rings. The van der Waals surface area contributed by atoms with Crippen LogP contribution in [0.2, 0.25) is 0 Å². The van der Waals surface area contributed by atoms with Crippen molar-refractivity contribution in [3.63, 3.8) is 0 Å². The highest BCUT2D eigenvalue weighted by atomic mass is 16.5. The quantitative estimate of drug-likeness (QED) is 0.774. The number of hydrogen-bond donors (Lipinski definition) is 1. The summed E-state index contributed by atoms with van der Waals surface area (Å²) in [5.41, 5.74) is 2.31. The first kappa shape index (κ1) is 16.6. The van der Waals surface area contributed by atoms with Crippen LogP contribution < -0.4 is 19.8 Å². The molecular formula is C19H18N2O4. The minimum Gasteiger partial charge on any atom is -0.493 e. The molecule has 1 aromatic heterocycles. The Balaban J connectivity index is 2.02. The van der Waals surface area contributed by atoms with Gasteiger partial charge in [0.2, 0.25) is 5.75 Å². The van der Waals surface area contributed by atoms with Gasteiger partial charge in [-0.15, -0.1) is 0 Å². The fourth-order valence-corrected chi connectivity index (χ4v) is 2.53. The second kappa shape index (κ2) is 7.09. The Hall–Kier alpha value is -3.28. The van der Waals surface area contributed by atoms with Crippen molar-refractivity contribution in [1.29, 1.82) is 0 Å². The smallest absolute Gasteiger partial charge is 0.274 e. The van der Waals surface area contributed by atoms with E-state index in [4.69, 9.17) is 14.2 Å². The Morgan fingerprint density at radius 1 is 0.960 bits per heavy atom. The molecule has 0 bridgehead atoms. The number of fused-ring (bicyclic) bond motifs is 1. The van der Waals surface area contributed by atoms with E-state index in [1.54, 1.807) is 45.6 Å². The monoisotopic (exact) mass is 338 g/mol. The van der Waals surface area contributed by atoms with E-state index < -0.39 is 0 Å². The van der Waals surface area contributed by atoms with Crippen molar-refractivity contribution < 1.29 is 14.2 Å². The molecule has 128 valence electrons. The van der Waals surface area contributed by atoms with Gasteiger partial charge in [-0.2, -0.15) is 0 Å². The van der Waals surface area contributed by atoms with E-state index in [2.05, 4.69) is 9.97 Å². The normalized spacial score (nSPS) is 11.0. The fourth-order valence-electron chi connectivity index (χ4n) is 2.53. The predicted molar refractivity (Wildman–Crippen MR) is 97.4 cm³/mol. The van der Waals surface area contributed by atoms with Crippen LogP contribution in [0.1, 0.15) is 11.3 Å². The lowest BCUT2D eigenvalue weighted by atomic mass is 10.1. The first-order valence-electron chi connectivity index (χ1n) is 7.63. The van der Waals surface area contributed by atoms with Gasteiger partial charge >= 0.3 is 0 Å². The summed E-state index contributed by atoms with van der Waals surface area (Å²) in [7, 11) is 4.66. The average molecular weight is 338 g/mol. The van der Waals surface area contributed by atoms with E-state index in [9.17, 15) is 4.79 Å². The van der Waals surface area contributed by atoms with Gasteiger partial charge in [0.1, 0.15) is 5.69 Å². The van der Waals surface area contributed by atoms with Crippen molar-refractivity contribution in [2.45, 2.75) is 0 Å². The van der Waals surface area contributed by atoms with Gasteiger partial charge in [-0.05, 0) is 35.9 Å². The predicted octanol–water partition coefficient (Wildman–Crippen LogP) is 3.12. The van der Waals surface area contributed by atoms with Crippen LogP contribution in [-0.2, 0) is 0 Å². The first-order chi connectivity index (χ1) is 12.2. The average Bonchev–Trinajstić information content (AvgIpc) is 2.65. The SMILES string of the molecule is COc1cc(/C=C\c2nc3ccccc3[nH]c2=O)cc(OC)c1OC. The summed E-state index contributed by atoms with van der Waals surface area (Å²) in [6.45, 7) is 0. The van der Waals surface area contributed by atoms with E-state index in [1.807, 2.05) is 24.3 Å². The number of H-pyrrole nitrogens is 1. The maximum Gasteiger partial charge on any atom is 0.274 e. The number of methoxy groups -OCH3 is 3. The molecule has 0 aliphatic carbocycles. The minimum atomic E-state index is -0.248. The van der Waals surface area contributed by atoms with E-state index in [1.165, 1.54) is 0 Å². The lowest BCUT2D eigenvalue weighted by Gasteiger charge is -2.12. The van der Waals surface area contributed by atoms with Gasteiger partial charge < -0.3 is 19.2 Å². The van der Waals surface area contributed by atoms with E-state index in [0.29, 0.717) is 28.5 Å². The standard InChI is InChI=1S/C19H18N2O4/c1-23-16-10-12(11-17(24-2)18(16)25-3)8-9-15-19(22)21-14-7-5-4-6-13(14)20-15/h4-11H,1-3H3,(H,21,22)/b9-8-. The fraction of sp³-hybridized carbons (Fsp3) is 0.158. The summed E-state index contributed by atoms with van der Waals surface area (Å²) in [6, 6.07) is 11.0. The number of aromatic nitrogens is 2. The van der Waals surface area contributed by atoms with Crippen LogP contribution in [0.3, 0.4) is 0 Å². The third-order valence-electron chi connectivity index (χ3n) is 3.75. The van der Waals surface area contributed by atoms with Gasteiger partial charge in [0.25, 0.3) is 5.56 Å². The highest BCUT2D eigenvalue weighted by Gasteiger charge is 2.12. The molecule has 1 heterocycles. The van der Waals surface area contributed by atoms with Crippen LogP contribution in [0.15, 0.2) is 41.2 Å². The zero-order valence-electron chi connectivity index (χ0n) is 14.2. The highest BCUT2D eigenvalue weighted by molar-refractivity contribution is 5.77. The zero-order valence-corrected chi connectivity index (χ0v) is 14.2. The topological polar surface area (TPSA) is 73.4 Å². The number of rotatable bonds is 5. The first-order valence-corrected chi connectivity index (χ1v) is 7.63. The number of ether oxygens (including phenoxy) is 3. The molecule has 0 amide bonds. The van der Waals surface area contributed by atoms with Gasteiger partial charge in [-0.25, -0.2) is 4.98 Å². The molecule has 25 heavy (non-hydrogen) atoms. The lowest BCUT2D eigenvalue weighted by molar-refractivity contribution is 0.324. The number of nitrogens with one attached hydrogen (secondary N) is 1. The molecule has 0 atom stereocenters. The molecule has 0 unspecified atom stereocenters. The number of aromatic amines is 1. The molecule has 0 saturated heterocycles. The Morgan fingerprint density at radius 2 is 1.64 bits per heavy atom. The Bertz CT molecular complexity index is 967. The zero-order chi connectivity index (χ0) is 17.8. The van der Waals surface area contributed by atoms with Crippen LogP contribution >= 0.6 is 0 Å². The van der Waals surface area contributed by atoms with Gasteiger partial charge in [0.15, 0.2) is 11.5 Å².